The Morgan fingerprint density at radius 2 is 2.06 bits per heavy atom. The molecular formula is C12H17NO4S. The van der Waals surface area contributed by atoms with Gasteiger partial charge in [-0.05, 0) is 24.3 Å². The van der Waals surface area contributed by atoms with Crippen LogP contribution in [0.25, 0.3) is 0 Å². The first-order chi connectivity index (χ1) is 8.50. The van der Waals surface area contributed by atoms with E-state index in [9.17, 15) is 14.7 Å². The maximum absolute atomic E-state index is 12.1. The zero-order valence-corrected chi connectivity index (χ0v) is 11.5. The molecule has 1 aromatic rings. The van der Waals surface area contributed by atoms with E-state index < -0.39 is 17.4 Å². The molecule has 0 unspecified atom stereocenters. The van der Waals surface area contributed by atoms with E-state index in [1.54, 1.807) is 25.3 Å². The Kier molecular flexibility index (Phi) is 4.72. The van der Waals surface area contributed by atoms with Crippen LogP contribution in [-0.2, 0) is 4.79 Å². The number of ether oxygens (including phenoxy) is 1. The van der Waals surface area contributed by atoms with Gasteiger partial charge in [0, 0.05) is 0 Å². The van der Waals surface area contributed by atoms with Gasteiger partial charge in [0.25, 0.3) is 5.91 Å². The Morgan fingerprint density at radius 1 is 1.44 bits per heavy atom. The van der Waals surface area contributed by atoms with E-state index in [2.05, 4.69) is 5.32 Å². The molecule has 0 bridgehead atoms. The Balaban J connectivity index is 2.95. The number of nitrogens with one attached hydrogen (secondary N) is 1. The summed E-state index contributed by atoms with van der Waals surface area (Å²) >= 11 is 1.23. The first kappa shape index (κ1) is 14.5. The third-order valence-corrected chi connectivity index (χ3v) is 3.92. The molecule has 0 aromatic carbocycles. The number of aliphatic carboxylic acids is 1. The predicted molar refractivity (Wildman–Crippen MR) is 69.3 cm³/mol. The van der Waals surface area contributed by atoms with E-state index in [0.717, 1.165) is 0 Å². The Hall–Kier alpha value is -1.56. The fourth-order valence-electron chi connectivity index (χ4n) is 1.68. The van der Waals surface area contributed by atoms with E-state index in [0.29, 0.717) is 23.5 Å². The van der Waals surface area contributed by atoms with E-state index in [1.165, 1.54) is 18.4 Å². The summed E-state index contributed by atoms with van der Waals surface area (Å²) in [5.41, 5.74) is -1.22. The summed E-state index contributed by atoms with van der Waals surface area (Å²) in [5, 5.41) is 13.6. The fourth-order valence-corrected chi connectivity index (χ4v) is 2.43. The van der Waals surface area contributed by atoms with Gasteiger partial charge in [-0.1, -0.05) is 13.8 Å². The minimum Gasteiger partial charge on any atom is -0.495 e. The van der Waals surface area contributed by atoms with Crippen LogP contribution in [0.15, 0.2) is 11.4 Å². The highest BCUT2D eigenvalue weighted by Gasteiger charge is 2.37. The summed E-state index contributed by atoms with van der Waals surface area (Å²) in [4.78, 5) is 23.8. The number of methoxy groups -OCH3 is 1. The van der Waals surface area contributed by atoms with Crippen LogP contribution in [0.3, 0.4) is 0 Å². The van der Waals surface area contributed by atoms with Gasteiger partial charge in [0.05, 0.1) is 7.11 Å². The molecule has 0 atom stereocenters. The second kappa shape index (κ2) is 5.86. The topological polar surface area (TPSA) is 75.6 Å². The lowest BCUT2D eigenvalue weighted by molar-refractivity contribution is -0.144. The Bertz CT molecular complexity index is 437. The van der Waals surface area contributed by atoms with Gasteiger partial charge in [-0.3, -0.25) is 4.79 Å². The minimum atomic E-state index is -1.22. The zero-order chi connectivity index (χ0) is 13.8. The second-order valence-electron chi connectivity index (χ2n) is 3.87. The van der Waals surface area contributed by atoms with Gasteiger partial charge in [0.1, 0.15) is 16.2 Å². The summed E-state index contributed by atoms with van der Waals surface area (Å²) in [5.74, 6) is -0.965. The maximum atomic E-state index is 12.1. The highest BCUT2D eigenvalue weighted by molar-refractivity contribution is 7.12. The average Bonchev–Trinajstić information content (AvgIpc) is 2.83. The third kappa shape index (κ3) is 2.64. The Labute approximate surface area is 110 Å². The normalized spacial score (nSPS) is 11.1. The van der Waals surface area contributed by atoms with Crippen LogP contribution >= 0.6 is 11.3 Å². The molecule has 5 nitrogen and oxygen atoms in total. The van der Waals surface area contributed by atoms with Crippen LogP contribution in [0.4, 0.5) is 0 Å². The lowest BCUT2D eigenvalue weighted by atomic mass is 9.93. The van der Waals surface area contributed by atoms with Gasteiger partial charge in [-0.25, -0.2) is 4.79 Å². The summed E-state index contributed by atoms with van der Waals surface area (Å²) in [6.07, 6.45) is 0.663. The van der Waals surface area contributed by atoms with Crippen LogP contribution in [0.2, 0.25) is 0 Å². The molecule has 2 N–H and O–H groups in total. The number of hydrogen-bond donors (Lipinski definition) is 2. The summed E-state index contributed by atoms with van der Waals surface area (Å²) < 4.78 is 5.05. The van der Waals surface area contributed by atoms with Gasteiger partial charge in [-0.15, -0.1) is 11.3 Å². The average molecular weight is 271 g/mol. The number of carboxylic acids is 1. The quantitative estimate of drug-likeness (QED) is 0.831. The number of amides is 1. The predicted octanol–water partition coefficient (Wildman–Crippen LogP) is 2.13. The van der Waals surface area contributed by atoms with Crippen molar-refractivity contribution < 1.29 is 19.4 Å². The molecule has 100 valence electrons. The molecule has 0 spiro atoms. The number of carbonyl (C=O) groups is 2. The maximum Gasteiger partial charge on any atom is 0.329 e. The van der Waals surface area contributed by atoms with Crippen LogP contribution < -0.4 is 10.1 Å². The molecule has 6 heteroatoms. The number of hydrogen-bond acceptors (Lipinski definition) is 4. The molecule has 0 radical (unpaired) electrons. The molecule has 1 rings (SSSR count). The van der Waals surface area contributed by atoms with Crippen molar-refractivity contribution in [2.24, 2.45) is 0 Å². The SMILES string of the molecule is CCC(CC)(NC(=O)c1sccc1OC)C(=O)O. The standard InChI is InChI=1S/C12H17NO4S/c1-4-12(5-2,11(15)16)13-10(14)9-8(17-3)6-7-18-9/h6-7H,4-5H2,1-3H3,(H,13,14)(H,15,16). The van der Waals surface area contributed by atoms with Crippen molar-refractivity contribution in [2.75, 3.05) is 7.11 Å². The molecule has 1 heterocycles. The van der Waals surface area contributed by atoms with Gasteiger partial charge in [-0.2, -0.15) is 0 Å². The van der Waals surface area contributed by atoms with Gasteiger partial charge < -0.3 is 15.2 Å². The van der Waals surface area contributed by atoms with Crippen molar-refractivity contribution in [2.45, 2.75) is 32.2 Å². The van der Waals surface area contributed by atoms with Crippen molar-refractivity contribution in [3.8, 4) is 5.75 Å². The van der Waals surface area contributed by atoms with Crippen LogP contribution in [-0.4, -0.2) is 29.6 Å². The molecule has 0 fully saturated rings. The molecular weight excluding hydrogens is 254 g/mol. The van der Waals surface area contributed by atoms with Crippen molar-refractivity contribution in [3.63, 3.8) is 0 Å². The summed E-state index contributed by atoms with van der Waals surface area (Å²) in [6.45, 7) is 3.48. The molecule has 1 aromatic heterocycles. The zero-order valence-electron chi connectivity index (χ0n) is 10.6. The molecule has 0 aliphatic rings. The van der Waals surface area contributed by atoms with Crippen LogP contribution in [0.1, 0.15) is 36.4 Å². The number of carboxylic acid groups (broad SMARTS) is 1. The van der Waals surface area contributed by atoms with E-state index in [-0.39, 0.29) is 0 Å². The number of carbonyl (C=O) groups excluding carboxylic acids is 1. The van der Waals surface area contributed by atoms with Crippen molar-refractivity contribution >= 4 is 23.2 Å². The summed E-state index contributed by atoms with van der Waals surface area (Å²) in [6, 6.07) is 1.68. The highest BCUT2D eigenvalue weighted by Crippen LogP contribution is 2.26. The number of rotatable bonds is 6. The molecule has 0 aliphatic carbocycles. The van der Waals surface area contributed by atoms with Gasteiger partial charge in [0.15, 0.2) is 0 Å². The first-order valence-electron chi connectivity index (χ1n) is 5.68. The fraction of sp³-hybridized carbons (Fsp3) is 0.500. The molecule has 18 heavy (non-hydrogen) atoms. The second-order valence-corrected chi connectivity index (χ2v) is 4.78. The molecule has 0 saturated heterocycles. The number of thiophene rings is 1. The highest BCUT2D eigenvalue weighted by atomic mass is 32.1. The van der Waals surface area contributed by atoms with Crippen molar-refractivity contribution in [1.29, 1.82) is 0 Å². The molecule has 0 aliphatic heterocycles. The largest absolute Gasteiger partial charge is 0.495 e. The van der Waals surface area contributed by atoms with Crippen LogP contribution in [0, 0.1) is 0 Å². The monoisotopic (exact) mass is 271 g/mol. The lowest BCUT2D eigenvalue weighted by Gasteiger charge is -2.27. The minimum absolute atomic E-state index is 0.332. The Morgan fingerprint density at radius 3 is 2.50 bits per heavy atom. The van der Waals surface area contributed by atoms with E-state index >= 15 is 0 Å². The van der Waals surface area contributed by atoms with Gasteiger partial charge in [0.2, 0.25) is 0 Å². The van der Waals surface area contributed by atoms with Crippen LogP contribution in [0.5, 0.6) is 5.75 Å². The summed E-state index contributed by atoms with van der Waals surface area (Å²) in [7, 11) is 1.48. The lowest BCUT2D eigenvalue weighted by Crippen LogP contribution is -2.53. The first-order valence-corrected chi connectivity index (χ1v) is 6.56. The smallest absolute Gasteiger partial charge is 0.329 e. The third-order valence-electron chi connectivity index (χ3n) is 3.02. The van der Waals surface area contributed by atoms with E-state index in [1.807, 2.05) is 0 Å². The van der Waals surface area contributed by atoms with Crippen molar-refractivity contribution in [3.05, 3.63) is 16.3 Å². The molecule has 1 amide bonds. The van der Waals surface area contributed by atoms with Crippen molar-refractivity contribution in [1.82, 2.24) is 5.32 Å². The molecule has 0 saturated carbocycles. The van der Waals surface area contributed by atoms with E-state index in [4.69, 9.17) is 4.74 Å². The van der Waals surface area contributed by atoms with Gasteiger partial charge >= 0.3 is 5.97 Å².